The number of anilines is 1. The van der Waals surface area contributed by atoms with Crippen LogP contribution < -0.4 is 9.64 Å². The van der Waals surface area contributed by atoms with Crippen LogP contribution in [0, 0.1) is 0 Å². The molecule has 0 atom stereocenters. The van der Waals surface area contributed by atoms with E-state index in [9.17, 15) is 8.42 Å². The van der Waals surface area contributed by atoms with Crippen molar-refractivity contribution in [3.05, 3.63) is 29.8 Å². The number of hydrogen-bond acceptors (Lipinski definition) is 7. The highest BCUT2D eigenvalue weighted by atomic mass is 32.2. The first-order chi connectivity index (χ1) is 13.8. The monoisotopic (exact) mass is 421 g/mol. The van der Waals surface area contributed by atoms with Crippen LogP contribution in [0.15, 0.2) is 29.4 Å². The molecule has 1 aromatic carbocycles. The van der Waals surface area contributed by atoms with Gasteiger partial charge in [-0.2, -0.15) is 4.98 Å². The van der Waals surface area contributed by atoms with Crippen molar-refractivity contribution in [2.24, 2.45) is 7.05 Å². The number of hydrogen-bond donors (Lipinski definition) is 0. The van der Waals surface area contributed by atoms with E-state index in [-0.39, 0.29) is 5.16 Å². The molecule has 29 heavy (non-hydrogen) atoms. The summed E-state index contributed by atoms with van der Waals surface area (Å²) < 4.78 is 30.6. The summed E-state index contributed by atoms with van der Waals surface area (Å²) in [6, 6.07) is 8.32. The minimum atomic E-state index is -3.41. The lowest BCUT2D eigenvalue weighted by Crippen LogP contribution is -2.29. The normalized spacial score (nSPS) is 15.4. The minimum absolute atomic E-state index is 0.149. The Bertz CT molecular complexity index is 907. The molecule has 0 saturated carbocycles. The van der Waals surface area contributed by atoms with Crippen molar-refractivity contribution in [3.63, 3.8) is 0 Å². The van der Waals surface area contributed by atoms with E-state index in [0.29, 0.717) is 19.1 Å². The number of ether oxygens (including phenoxy) is 1. The van der Waals surface area contributed by atoms with Crippen LogP contribution in [0.4, 0.5) is 5.95 Å². The summed E-state index contributed by atoms with van der Waals surface area (Å²) in [5, 5.41) is 3.83. The summed E-state index contributed by atoms with van der Waals surface area (Å²) in [4.78, 5) is 8.52. The zero-order valence-corrected chi connectivity index (χ0v) is 18.4. The maximum absolute atomic E-state index is 11.6. The lowest BCUT2D eigenvalue weighted by Gasteiger charge is -2.26. The minimum Gasteiger partial charge on any atom is -0.494 e. The van der Waals surface area contributed by atoms with Crippen LogP contribution in [0.1, 0.15) is 31.2 Å². The van der Waals surface area contributed by atoms with Gasteiger partial charge in [-0.15, -0.1) is 5.10 Å². The SMILES string of the molecule is CN(CCCOc1cccc(CN2CCCCC2)c1)c1nc(S(C)(=O)=O)nn1C. The Balaban J connectivity index is 1.46. The summed E-state index contributed by atoms with van der Waals surface area (Å²) in [7, 11) is 0.151. The number of benzene rings is 1. The number of aromatic nitrogens is 3. The predicted octanol–water partition coefficient (Wildman–Crippen LogP) is 2.11. The van der Waals surface area contributed by atoms with Crippen LogP contribution in [0.3, 0.4) is 0 Å². The summed E-state index contributed by atoms with van der Waals surface area (Å²) in [6.07, 6.45) is 5.83. The molecule has 1 fully saturated rings. The van der Waals surface area contributed by atoms with E-state index in [2.05, 4.69) is 27.1 Å². The van der Waals surface area contributed by atoms with E-state index in [1.165, 1.54) is 42.6 Å². The van der Waals surface area contributed by atoms with E-state index in [4.69, 9.17) is 4.74 Å². The molecule has 0 aliphatic carbocycles. The molecule has 8 nitrogen and oxygen atoms in total. The quantitative estimate of drug-likeness (QED) is 0.574. The van der Waals surface area contributed by atoms with Crippen LogP contribution in [0.25, 0.3) is 0 Å². The Kier molecular flexibility index (Phi) is 7.13. The van der Waals surface area contributed by atoms with Gasteiger partial charge in [0.05, 0.1) is 6.61 Å². The van der Waals surface area contributed by atoms with Gasteiger partial charge in [0.25, 0.3) is 5.16 Å². The zero-order chi connectivity index (χ0) is 20.9. The summed E-state index contributed by atoms with van der Waals surface area (Å²) in [5.74, 6) is 1.41. The smallest absolute Gasteiger partial charge is 0.268 e. The zero-order valence-electron chi connectivity index (χ0n) is 17.5. The largest absolute Gasteiger partial charge is 0.494 e. The molecule has 1 aliphatic heterocycles. The maximum Gasteiger partial charge on any atom is 0.268 e. The molecule has 1 saturated heterocycles. The van der Waals surface area contributed by atoms with Crippen molar-refractivity contribution in [1.29, 1.82) is 0 Å². The first-order valence-electron chi connectivity index (χ1n) is 10.1. The number of rotatable bonds is 9. The fraction of sp³-hybridized carbons (Fsp3) is 0.600. The van der Waals surface area contributed by atoms with Gasteiger partial charge in [-0.05, 0) is 50.0 Å². The van der Waals surface area contributed by atoms with E-state index in [1.54, 1.807) is 7.05 Å². The van der Waals surface area contributed by atoms with Gasteiger partial charge in [0.1, 0.15) is 5.75 Å². The molecule has 0 radical (unpaired) electrons. The second-order valence-electron chi connectivity index (χ2n) is 7.70. The van der Waals surface area contributed by atoms with Gasteiger partial charge in [-0.25, -0.2) is 13.1 Å². The fourth-order valence-electron chi connectivity index (χ4n) is 3.54. The lowest BCUT2D eigenvalue weighted by atomic mass is 10.1. The summed E-state index contributed by atoms with van der Waals surface area (Å²) in [5.41, 5.74) is 1.29. The van der Waals surface area contributed by atoms with Gasteiger partial charge in [0.2, 0.25) is 15.8 Å². The van der Waals surface area contributed by atoms with Crippen LogP contribution in [0.2, 0.25) is 0 Å². The standard InChI is InChI=1S/C20H31N5O3S/c1-23(20-21-19(22-24(20)2)29(3,26)27)11-8-14-28-18-10-7-9-17(15-18)16-25-12-5-4-6-13-25/h7,9-10,15H,4-6,8,11-14,16H2,1-3H3. The Morgan fingerprint density at radius 2 is 1.97 bits per heavy atom. The van der Waals surface area contributed by atoms with Crippen LogP contribution in [-0.2, 0) is 23.4 Å². The first kappa shape index (κ1) is 21.6. The van der Waals surface area contributed by atoms with Crippen LogP contribution in [-0.4, -0.2) is 67.6 Å². The third-order valence-electron chi connectivity index (χ3n) is 5.05. The van der Waals surface area contributed by atoms with E-state index < -0.39 is 9.84 Å². The molecular formula is C20H31N5O3S. The van der Waals surface area contributed by atoms with Gasteiger partial charge in [-0.1, -0.05) is 18.6 Å². The molecule has 1 aromatic heterocycles. The molecule has 0 amide bonds. The van der Waals surface area contributed by atoms with Gasteiger partial charge in [0.15, 0.2) is 0 Å². The van der Waals surface area contributed by atoms with Crippen molar-refractivity contribution in [1.82, 2.24) is 19.7 Å². The fourth-order valence-corrected chi connectivity index (χ4v) is 4.06. The van der Waals surface area contributed by atoms with Gasteiger partial charge < -0.3 is 9.64 Å². The van der Waals surface area contributed by atoms with Crippen LogP contribution in [0.5, 0.6) is 5.75 Å². The highest BCUT2D eigenvalue weighted by molar-refractivity contribution is 7.90. The first-order valence-corrected chi connectivity index (χ1v) is 12.0. The molecule has 3 rings (SSSR count). The van der Waals surface area contributed by atoms with E-state index >= 15 is 0 Å². The van der Waals surface area contributed by atoms with Crippen molar-refractivity contribution in [2.45, 2.75) is 37.4 Å². The molecular weight excluding hydrogens is 390 g/mol. The van der Waals surface area contributed by atoms with E-state index in [1.807, 2.05) is 24.1 Å². The second kappa shape index (κ2) is 9.58. The average molecular weight is 422 g/mol. The number of likely N-dealkylation sites (tertiary alicyclic amines) is 1. The average Bonchev–Trinajstić information content (AvgIpc) is 3.08. The maximum atomic E-state index is 11.6. The molecule has 160 valence electrons. The number of sulfone groups is 1. The Morgan fingerprint density at radius 1 is 1.21 bits per heavy atom. The van der Waals surface area contributed by atoms with E-state index in [0.717, 1.165) is 25.0 Å². The van der Waals surface area contributed by atoms with Crippen molar-refractivity contribution >= 4 is 15.8 Å². The topological polar surface area (TPSA) is 80.6 Å². The van der Waals surface area contributed by atoms with Crippen molar-refractivity contribution < 1.29 is 13.2 Å². The summed E-state index contributed by atoms with van der Waals surface area (Å²) >= 11 is 0. The third kappa shape index (κ3) is 6.17. The van der Waals surface area contributed by atoms with Gasteiger partial charge in [-0.3, -0.25) is 4.90 Å². The Labute approximate surface area is 173 Å². The van der Waals surface area contributed by atoms with Gasteiger partial charge in [0, 0.05) is 33.4 Å². The van der Waals surface area contributed by atoms with Gasteiger partial charge >= 0.3 is 0 Å². The predicted molar refractivity (Wildman–Crippen MR) is 113 cm³/mol. The molecule has 9 heteroatoms. The highest BCUT2D eigenvalue weighted by Crippen LogP contribution is 2.18. The highest BCUT2D eigenvalue weighted by Gasteiger charge is 2.18. The number of piperidine rings is 1. The molecule has 2 aromatic rings. The third-order valence-corrected chi connectivity index (χ3v) is 5.89. The lowest BCUT2D eigenvalue weighted by molar-refractivity contribution is 0.220. The molecule has 0 bridgehead atoms. The molecule has 1 aliphatic rings. The summed E-state index contributed by atoms with van der Waals surface area (Å²) in [6.45, 7) is 4.60. The molecule has 2 heterocycles. The molecule has 0 unspecified atom stereocenters. The Morgan fingerprint density at radius 3 is 2.66 bits per heavy atom. The number of nitrogens with zero attached hydrogens (tertiary/aromatic N) is 5. The van der Waals surface area contributed by atoms with Crippen molar-refractivity contribution in [2.75, 3.05) is 44.4 Å². The van der Waals surface area contributed by atoms with Crippen LogP contribution >= 0.6 is 0 Å². The number of aryl methyl sites for hydroxylation is 1. The Hall–Kier alpha value is -2.13. The van der Waals surface area contributed by atoms with Crippen molar-refractivity contribution in [3.8, 4) is 5.75 Å². The molecule has 0 spiro atoms. The second-order valence-corrected chi connectivity index (χ2v) is 9.61. The molecule has 0 N–H and O–H groups in total.